The van der Waals surface area contributed by atoms with E-state index in [1.54, 1.807) is 7.05 Å². The number of nitrogens with zero attached hydrogens (tertiary/aromatic N) is 3. The molecule has 0 radical (unpaired) electrons. The Labute approximate surface area is 215 Å². The number of hydrogen-bond donors (Lipinski definition) is 1. The van der Waals surface area contributed by atoms with Crippen LogP contribution in [0.2, 0.25) is 0 Å². The number of unbranched alkanes of at least 4 members (excludes halogenated alkanes) is 14. The van der Waals surface area contributed by atoms with Crippen LogP contribution in [0.25, 0.3) is 11.0 Å². The van der Waals surface area contributed by atoms with Crippen molar-refractivity contribution in [2.45, 2.75) is 116 Å². The Morgan fingerprint density at radius 1 is 0.857 bits per heavy atom. The largest absolute Gasteiger partial charge is 0.355 e. The maximum atomic E-state index is 12.0. The van der Waals surface area contributed by atoms with Crippen molar-refractivity contribution in [3.05, 3.63) is 29.6 Å². The van der Waals surface area contributed by atoms with Gasteiger partial charge in [-0.3, -0.25) is 4.79 Å². The first-order chi connectivity index (χ1) is 17.1. The van der Waals surface area contributed by atoms with E-state index in [-0.39, 0.29) is 5.91 Å². The predicted octanol–water partition coefficient (Wildman–Crippen LogP) is 7.37. The average molecular weight is 485 g/mol. The lowest BCUT2D eigenvalue weighted by molar-refractivity contribution is 0.0963. The molecule has 0 aliphatic rings. The minimum absolute atomic E-state index is 0.0568. The molecule has 1 amide bonds. The Morgan fingerprint density at radius 3 is 1.91 bits per heavy atom. The van der Waals surface area contributed by atoms with Crippen LogP contribution in [0.1, 0.15) is 119 Å². The Bertz CT molecular complexity index is 842. The first kappa shape index (κ1) is 29.4. The second kappa shape index (κ2) is 17.5. The molecule has 0 saturated heterocycles. The van der Waals surface area contributed by atoms with E-state index < -0.39 is 0 Å². The molecule has 0 bridgehead atoms. The van der Waals surface area contributed by atoms with E-state index in [9.17, 15) is 4.79 Å². The summed E-state index contributed by atoms with van der Waals surface area (Å²) >= 11 is 0. The summed E-state index contributed by atoms with van der Waals surface area (Å²) in [5.74, 6) is 1.10. The standard InChI is InChI=1S/C30H52N4O/c1-5-6-7-8-9-10-11-12-13-14-15-16-17-18-19-20-29-32-27-25-26(30(35)31-2)21-22-28(27)34(29)24-23-33(3)4/h21-22,25H,5-20,23-24H2,1-4H3,(H,31,35). The van der Waals surface area contributed by atoms with E-state index >= 15 is 0 Å². The highest BCUT2D eigenvalue weighted by molar-refractivity contribution is 5.97. The minimum atomic E-state index is -0.0568. The summed E-state index contributed by atoms with van der Waals surface area (Å²) in [6, 6.07) is 5.89. The third-order valence-electron chi connectivity index (χ3n) is 7.09. The summed E-state index contributed by atoms with van der Waals surface area (Å²) in [7, 11) is 5.89. The van der Waals surface area contributed by atoms with Crippen LogP contribution in [-0.4, -0.2) is 48.0 Å². The van der Waals surface area contributed by atoms with Crippen LogP contribution in [0.4, 0.5) is 0 Å². The van der Waals surface area contributed by atoms with Crippen molar-refractivity contribution >= 4 is 16.9 Å². The molecule has 5 nitrogen and oxygen atoms in total. The summed E-state index contributed by atoms with van der Waals surface area (Å²) in [4.78, 5) is 19.2. The van der Waals surface area contributed by atoms with E-state index in [0.29, 0.717) is 5.56 Å². The quantitative estimate of drug-likeness (QED) is 0.200. The monoisotopic (exact) mass is 484 g/mol. The molecule has 2 rings (SSSR count). The molecule has 0 aliphatic carbocycles. The van der Waals surface area contributed by atoms with Crippen LogP contribution >= 0.6 is 0 Å². The molecule has 2 aromatic rings. The van der Waals surface area contributed by atoms with Gasteiger partial charge in [-0.05, 0) is 38.7 Å². The summed E-state index contributed by atoms with van der Waals surface area (Å²) in [5.41, 5.74) is 2.74. The lowest BCUT2D eigenvalue weighted by atomic mass is 10.0. The second-order valence-corrected chi connectivity index (χ2v) is 10.5. The van der Waals surface area contributed by atoms with Gasteiger partial charge in [-0.2, -0.15) is 0 Å². The summed E-state index contributed by atoms with van der Waals surface area (Å²) in [6.07, 6.45) is 21.8. The normalized spacial score (nSPS) is 11.6. The predicted molar refractivity (Wildman–Crippen MR) is 150 cm³/mol. The smallest absolute Gasteiger partial charge is 0.251 e. The number of benzene rings is 1. The van der Waals surface area contributed by atoms with Gasteiger partial charge in [0.05, 0.1) is 11.0 Å². The van der Waals surface area contributed by atoms with Gasteiger partial charge in [0.25, 0.3) is 5.91 Å². The fourth-order valence-electron chi connectivity index (χ4n) is 4.86. The molecule has 0 fully saturated rings. The molecule has 198 valence electrons. The molecule has 5 heteroatoms. The van der Waals surface area contributed by atoms with Gasteiger partial charge in [0, 0.05) is 32.1 Å². The fourth-order valence-corrected chi connectivity index (χ4v) is 4.86. The number of imidazole rings is 1. The number of aryl methyl sites for hydroxylation is 1. The fraction of sp³-hybridized carbons (Fsp3) is 0.733. The third-order valence-corrected chi connectivity index (χ3v) is 7.09. The highest BCUT2D eigenvalue weighted by atomic mass is 16.1. The van der Waals surface area contributed by atoms with Gasteiger partial charge < -0.3 is 14.8 Å². The molecule has 0 spiro atoms. The van der Waals surface area contributed by atoms with Crippen LogP contribution in [0.3, 0.4) is 0 Å². The van der Waals surface area contributed by atoms with Gasteiger partial charge in [0.1, 0.15) is 5.82 Å². The van der Waals surface area contributed by atoms with Crippen molar-refractivity contribution in [3.8, 4) is 0 Å². The second-order valence-electron chi connectivity index (χ2n) is 10.5. The maximum absolute atomic E-state index is 12.0. The molecule has 35 heavy (non-hydrogen) atoms. The van der Waals surface area contributed by atoms with Gasteiger partial charge in [-0.15, -0.1) is 0 Å². The average Bonchev–Trinajstić information content (AvgIpc) is 3.20. The lowest BCUT2D eigenvalue weighted by Gasteiger charge is -2.13. The molecular weight excluding hydrogens is 432 g/mol. The number of amides is 1. The molecule has 1 N–H and O–H groups in total. The molecule has 1 heterocycles. The summed E-state index contributed by atoms with van der Waals surface area (Å²) in [5, 5.41) is 2.71. The Hall–Kier alpha value is -1.88. The van der Waals surface area contributed by atoms with Gasteiger partial charge >= 0.3 is 0 Å². The van der Waals surface area contributed by atoms with Crippen molar-refractivity contribution in [2.75, 3.05) is 27.7 Å². The molecule has 1 aromatic carbocycles. The SMILES string of the molecule is CCCCCCCCCCCCCCCCCc1nc2cc(C(=O)NC)ccc2n1CCN(C)C. The van der Waals surface area contributed by atoms with Crippen molar-refractivity contribution in [1.29, 1.82) is 0 Å². The third kappa shape index (κ3) is 11.2. The first-order valence-corrected chi connectivity index (χ1v) is 14.4. The van der Waals surface area contributed by atoms with Crippen LogP contribution in [0, 0.1) is 0 Å². The summed E-state index contributed by atoms with van der Waals surface area (Å²) in [6.45, 7) is 4.20. The molecular formula is C30H52N4O. The summed E-state index contributed by atoms with van der Waals surface area (Å²) < 4.78 is 2.35. The van der Waals surface area contributed by atoms with E-state index in [4.69, 9.17) is 4.98 Å². The van der Waals surface area contributed by atoms with Gasteiger partial charge in [-0.25, -0.2) is 4.98 Å². The van der Waals surface area contributed by atoms with Crippen molar-refractivity contribution < 1.29 is 4.79 Å². The van der Waals surface area contributed by atoms with Crippen molar-refractivity contribution in [1.82, 2.24) is 19.8 Å². The molecule has 0 saturated carbocycles. The van der Waals surface area contributed by atoms with Gasteiger partial charge in [-0.1, -0.05) is 96.8 Å². The highest BCUT2D eigenvalue weighted by Gasteiger charge is 2.13. The van der Waals surface area contributed by atoms with E-state index in [0.717, 1.165) is 36.4 Å². The topological polar surface area (TPSA) is 50.2 Å². The van der Waals surface area contributed by atoms with Gasteiger partial charge in [0.15, 0.2) is 0 Å². The number of carbonyl (C=O) groups excluding carboxylic acids is 1. The first-order valence-electron chi connectivity index (χ1n) is 14.4. The van der Waals surface area contributed by atoms with Crippen LogP contribution in [0.5, 0.6) is 0 Å². The van der Waals surface area contributed by atoms with E-state index in [2.05, 4.69) is 41.9 Å². The number of likely N-dealkylation sites (N-methyl/N-ethyl adjacent to an activating group) is 1. The van der Waals surface area contributed by atoms with Crippen molar-refractivity contribution in [3.63, 3.8) is 0 Å². The number of fused-ring (bicyclic) bond motifs is 1. The van der Waals surface area contributed by atoms with Gasteiger partial charge in [0.2, 0.25) is 0 Å². The minimum Gasteiger partial charge on any atom is -0.355 e. The maximum Gasteiger partial charge on any atom is 0.251 e. The van der Waals surface area contributed by atoms with Crippen LogP contribution < -0.4 is 5.32 Å². The van der Waals surface area contributed by atoms with E-state index in [1.165, 1.54) is 96.3 Å². The number of rotatable bonds is 20. The molecule has 1 aromatic heterocycles. The number of nitrogens with one attached hydrogen (secondary N) is 1. The Morgan fingerprint density at radius 2 is 1.40 bits per heavy atom. The number of aromatic nitrogens is 2. The lowest BCUT2D eigenvalue weighted by Crippen LogP contribution is -2.19. The Kier molecular flexibility index (Phi) is 14.7. The molecule has 0 aliphatic heterocycles. The van der Waals surface area contributed by atoms with Crippen molar-refractivity contribution in [2.24, 2.45) is 0 Å². The zero-order chi connectivity index (χ0) is 25.3. The molecule has 0 atom stereocenters. The zero-order valence-corrected chi connectivity index (χ0v) is 23.2. The highest BCUT2D eigenvalue weighted by Crippen LogP contribution is 2.21. The Balaban J connectivity index is 1.67. The number of hydrogen-bond acceptors (Lipinski definition) is 3. The van der Waals surface area contributed by atoms with Crippen LogP contribution in [-0.2, 0) is 13.0 Å². The van der Waals surface area contributed by atoms with E-state index in [1.807, 2.05) is 12.1 Å². The van der Waals surface area contributed by atoms with Crippen LogP contribution in [0.15, 0.2) is 18.2 Å². The number of carbonyl (C=O) groups is 1. The zero-order valence-electron chi connectivity index (χ0n) is 23.2. The molecule has 0 unspecified atom stereocenters.